The quantitative estimate of drug-likeness (QED) is 0.751. The summed E-state index contributed by atoms with van der Waals surface area (Å²) in [6.07, 6.45) is 2.05. The number of ketones is 1. The molecule has 0 amide bonds. The van der Waals surface area contributed by atoms with E-state index in [4.69, 9.17) is 5.26 Å². The Morgan fingerprint density at radius 2 is 2.24 bits per heavy atom. The highest BCUT2D eigenvalue weighted by molar-refractivity contribution is 7.98. The van der Waals surface area contributed by atoms with Gasteiger partial charge in [0.15, 0.2) is 5.78 Å². The molecule has 0 saturated heterocycles. The lowest BCUT2D eigenvalue weighted by Crippen LogP contribution is -2.22. The number of hydrogen-bond acceptors (Lipinski definition) is 4. The number of anilines is 1. The van der Waals surface area contributed by atoms with Gasteiger partial charge in [-0.15, -0.1) is 0 Å². The predicted octanol–water partition coefficient (Wildman–Crippen LogP) is 2.56. The van der Waals surface area contributed by atoms with Crippen molar-refractivity contribution in [3.05, 3.63) is 29.3 Å². The second-order valence-electron chi connectivity index (χ2n) is 3.81. The smallest absolute Gasteiger partial charge is 0.161 e. The van der Waals surface area contributed by atoms with Crippen molar-refractivity contribution in [2.24, 2.45) is 0 Å². The lowest BCUT2D eigenvalue weighted by atomic mass is 10.1. The molecular weight excluding hydrogens is 232 g/mol. The molecule has 0 spiro atoms. The minimum absolute atomic E-state index is 0.0282. The van der Waals surface area contributed by atoms with Crippen molar-refractivity contribution in [1.29, 1.82) is 5.26 Å². The van der Waals surface area contributed by atoms with Crippen LogP contribution in [0.3, 0.4) is 0 Å². The molecule has 0 aliphatic heterocycles. The maximum absolute atomic E-state index is 11.5. The average molecular weight is 248 g/mol. The van der Waals surface area contributed by atoms with Gasteiger partial charge < -0.3 is 4.90 Å². The zero-order chi connectivity index (χ0) is 12.8. The Balaban J connectivity index is 3.09. The number of rotatable bonds is 5. The van der Waals surface area contributed by atoms with E-state index in [0.29, 0.717) is 11.1 Å². The summed E-state index contributed by atoms with van der Waals surface area (Å²) >= 11 is 1.76. The van der Waals surface area contributed by atoms with Crippen molar-refractivity contribution < 1.29 is 4.79 Å². The lowest BCUT2D eigenvalue weighted by molar-refractivity contribution is 0.101. The van der Waals surface area contributed by atoms with Gasteiger partial charge in [-0.2, -0.15) is 17.0 Å². The van der Waals surface area contributed by atoms with Crippen LogP contribution in [0.15, 0.2) is 18.2 Å². The van der Waals surface area contributed by atoms with Crippen molar-refractivity contribution in [2.45, 2.75) is 6.92 Å². The molecule has 1 aromatic rings. The first-order valence-electron chi connectivity index (χ1n) is 5.35. The first-order valence-corrected chi connectivity index (χ1v) is 6.74. The van der Waals surface area contributed by atoms with E-state index in [1.165, 1.54) is 0 Å². The van der Waals surface area contributed by atoms with Crippen molar-refractivity contribution >= 4 is 23.2 Å². The van der Waals surface area contributed by atoms with Crippen molar-refractivity contribution in [3.63, 3.8) is 0 Å². The van der Waals surface area contributed by atoms with E-state index < -0.39 is 0 Å². The van der Waals surface area contributed by atoms with Crippen molar-refractivity contribution in [1.82, 2.24) is 0 Å². The van der Waals surface area contributed by atoms with E-state index in [2.05, 4.69) is 6.07 Å². The summed E-state index contributed by atoms with van der Waals surface area (Å²) in [5.74, 6) is 1.02. The number of carbonyl (C=O) groups excluding carboxylic acids is 1. The molecule has 0 saturated carbocycles. The van der Waals surface area contributed by atoms with E-state index in [9.17, 15) is 4.79 Å². The van der Waals surface area contributed by atoms with Crippen LogP contribution in [0.2, 0.25) is 0 Å². The highest BCUT2D eigenvalue weighted by Gasteiger charge is 2.11. The fourth-order valence-electron chi connectivity index (χ4n) is 1.56. The number of benzene rings is 1. The second-order valence-corrected chi connectivity index (χ2v) is 4.80. The van der Waals surface area contributed by atoms with Crippen LogP contribution in [0.1, 0.15) is 22.8 Å². The minimum Gasteiger partial charge on any atom is -0.373 e. The number of Topliss-reactive ketones (excluding diaryl/α,β-unsaturated/α-hetero) is 1. The molecule has 0 aliphatic carbocycles. The van der Waals surface area contributed by atoms with Gasteiger partial charge in [0.25, 0.3) is 0 Å². The Hall–Kier alpha value is -1.47. The lowest BCUT2D eigenvalue weighted by Gasteiger charge is -2.21. The Morgan fingerprint density at radius 3 is 2.76 bits per heavy atom. The Bertz CT molecular complexity index is 451. The Labute approximate surface area is 106 Å². The molecule has 90 valence electrons. The van der Waals surface area contributed by atoms with Crippen LogP contribution in [-0.4, -0.2) is 31.4 Å². The van der Waals surface area contributed by atoms with E-state index in [-0.39, 0.29) is 5.78 Å². The molecule has 4 heteroatoms. The van der Waals surface area contributed by atoms with Crippen LogP contribution in [0.25, 0.3) is 0 Å². The molecule has 0 aromatic heterocycles. The Morgan fingerprint density at radius 1 is 1.53 bits per heavy atom. The number of nitriles is 1. The molecule has 0 unspecified atom stereocenters. The van der Waals surface area contributed by atoms with Crippen LogP contribution in [0.4, 0.5) is 5.69 Å². The summed E-state index contributed by atoms with van der Waals surface area (Å²) in [5.41, 5.74) is 2.10. The normalized spacial score (nSPS) is 9.76. The zero-order valence-corrected chi connectivity index (χ0v) is 11.2. The van der Waals surface area contributed by atoms with E-state index in [1.54, 1.807) is 36.9 Å². The van der Waals surface area contributed by atoms with Gasteiger partial charge in [-0.3, -0.25) is 4.79 Å². The third kappa shape index (κ3) is 3.50. The van der Waals surface area contributed by atoms with Crippen molar-refractivity contribution in [3.8, 4) is 6.07 Å². The van der Waals surface area contributed by atoms with Gasteiger partial charge in [-0.05, 0) is 31.4 Å². The Kier molecular flexibility index (Phi) is 5.05. The standard InChI is InChI=1S/C13H16N2OS/c1-10(16)12-5-4-11(9-14)8-13(12)15(2)6-7-17-3/h4-5,8H,6-7H2,1-3H3. The first-order chi connectivity index (χ1) is 8.10. The maximum Gasteiger partial charge on any atom is 0.161 e. The van der Waals surface area contributed by atoms with E-state index in [1.807, 2.05) is 18.2 Å². The summed E-state index contributed by atoms with van der Waals surface area (Å²) in [6.45, 7) is 2.41. The van der Waals surface area contributed by atoms with Gasteiger partial charge in [0.05, 0.1) is 11.6 Å². The molecule has 1 aromatic carbocycles. The third-order valence-electron chi connectivity index (χ3n) is 2.55. The SMILES string of the molecule is CSCCN(C)c1cc(C#N)ccc1C(C)=O. The van der Waals surface area contributed by atoms with Gasteiger partial charge in [-0.25, -0.2) is 0 Å². The topological polar surface area (TPSA) is 44.1 Å². The average Bonchev–Trinajstić information content (AvgIpc) is 2.34. The van der Waals surface area contributed by atoms with E-state index in [0.717, 1.165) is 18.0 Å². The van der Waals surface area contributed by atoms with E-state index >= 15 is 0 Å². The molecule has 3 nitrogen and oxygen atoms in total. The summed E-state index contributed by atoms with van der Waals surface area (Å²) in [5, 5.41) is 8.89. The number of thioether (sulfide) groups is 1. The molecule has 0 fully saturated rings. The summed E-state index contributed by atoms with van der Waals surface area (Å²) in [7, 11) is 1.94. The maximum atomic E-state index is 11.5. The fraction of sp³-hybridized carbons (Fsp3) is 0.385. The summed E-state index contributed by atoms with van der Waals surface area (Å²) in [4.78, 5) is 13.6. The molecule has 17 heavy (non-hydrogen) atoms. The second kappa shape index (κ2) is 6.31. The largest absolute Gasteiger partial charge is 0.373 e. The molecule has 0 N–H and O–H groups in total. The number of hydrogen-bond donors (Lipinski definition) is 0. The van der Waals surface area contributed by atoms with Gasteiger partial charge in [0.2, 0.25) is 0 Å². The van der Waals surface area contributed by atoms with Crippen LogP contribution >= 0.6 is 11.8 Å². The van der Waals surface area contributed by atoms with Crippen LogP contribution in [-0.2, 0) is 0 Å². The van der Waals surface area contributed by atoms with Crippen molar-refractivity contribution in [2.75, 3.05) is 30.5 Å². The van der Waals surface area contributed by atoms with Crippen LogP contribution in [0.5, 0.6) is 0 Å². The molecule has 0 bridgehead atoms. The predicted molar refractivity (Wildman–Crippen MR) is 72.8 cm³/mol. The molecule has 0 heterocycles. The van der Waals surface area contributed by atoms with Gasteiger partial charge in [0, 0.05) is 30.6 Å². The number of nitrogens with zero attached hydrogens (tertiary/aromatic N) is 2. The van der Waals surface area contributed by atoms with Crippen LogP contribution < -0.4 is 4.90 Å². The monoisotopic (exact) mass is 248 g/mol. The minimum atomic E-state index is 0.0282. The summed E-state index contributed by atoms with van der Waals surface area (Å²) < 4.78 is 0. The van der Waals surface area contributed by atoms with Gasteiger partial charge >= 0.3 is 0 Å². The van der Waals surface area contributed by atoms with Gasteiger partial charge in [-0.1, -0.05) is 0 Å². The number of carbonyl (C=O) groups is 1. The van der Waals surface area contributed by atoms with Crippen LogP contribution in [0, 0.1) is 11.3 Å². The molecule has 0 radical (unpaired) electrons. The molecule has 1 rings (SSSR count). The highest BCUT2D eigenvalue weighted by atomic mass is 32.2. The summed E-state index contributed by atoms with van der Waals surface area (Å²) in [6, 6.07) is 7.29. The third-order valence-corrected chi connectivity index (χ3v) is 3.14. The fourth-order valence-corrected chi connectivity index (χ4v) is 2.02. The molecular formula is C13H16N2OS. The molecule has 0 aliphatic rings. The first kappa shape index (κ1) is 13.6. The van der Waals surface area contributed by atoms with Gasteiger partial charge in [0.1, 0.15) is 0 Å². The zero-order valence-electron chi connectivity index (χ0n) is 10.4. The highest BCUT2D eigenvalue weighted by Crippen LogP contribution is 2.22. The molecule has 0 atom stereocenters.